The Kier molecular flexibility index (Phi) is 5.44. The standard InChI is InChI=1S/C23H25N3O2/c1-18-22(11-16-28-18)23(27)24-20-7-9-21(10-8-20)26-14-12-25(13-15-26)17-19-5-3-2-4-6-19/h2-11,16H,12-15,17H2,1H3,(H,24,27). The summed E-state index contributed by atoms with van der Waals surface area (Å²) < 4.78 is 5.20. The molecule has 0 aliphatic carbocycles. The van der Waals surface area contributed by atoms with Gasteiger partial charge in [-0.1, -0.05) is 30.3 Å². The highest BCUT2D eigenvalue weighted by Crippen LogP contribution is 2.21. The van der Waals surface area contributed by atoms with Crippen molar-refractivity contribution >= 4 is 17.3 Å². The summed E-state index contributed by atoms with van der Waals surface area (Å²) in [4.78, 5) is 17.2. The Hall–Kier alpha value is -3.05. The minimum absolute atomic E-state index is 0.145. The van der Waals surface area contributed by atoms with Crippen LogP contribution in [0.4, 0.5) is 11.4 Å². The van der Waals surface area contributed by atoms with E-state index < -0.39 is 0 Å². The Labute approximate surface area is 165 Å². The highest BCUT2D eigenvalue weighted by atomic mass is 16.3. The molecule has 0 saturated carbocycles. The molecular formula is C23H25N3O2. The van der Waals surface area contributed by atoms with Gasteiger partial charge < -0.3 is 14.6 Å². The Balaban J connectivity index is 1.31. The predicted molar refractivity (Wildman–Crippen MR) is 112 cm³/mol. The summed E-state index contributed by atoms with van der Waals surface area (Å²) in [5, 5.41) is 2.92. The molecule has 2 heterocycles. The molecule has 5 nitrogen and oxygen atoms in total. The third-order valence-corrected chi connectivity index (χ3v) is 5.22. The molecule has 1 aliphatic heterocycles. The van der Waals surface area contributed by atoms with Crippen LogP contribution in [0.15, 0.2) is 71.3 Å². The minimum atomic E-state index is -0.145. The molecule has 1 amide bonds. The first-order valence-corrected chi connectivity index (χ1v) is 9.66. The van der Waals surface area contributed by atoms with Gasteiger partial charge in [-0.2, -0.15) is 0 Å². The van der Waals surface area contributed by atoms with Crippen LogP contribution in [0.5, 0.6) is 0 Å². The van der Waals surface area contributed by atoms with E-state index in [2.05, 4.69) is 57.6 Å². The largest absolute Gasteiger partial charge is 0.469 e. The van der Waals surface area contributed by atoms with E-state index in [0.29, 0.717) is 11.3 Å². The minimum Gasteiger partial charge on any atom is -0.469 e. The number of benzene rings is 2. The maximum Gasteiger partial charge on any atom is 0.259 e. The lowest BCUT2D eigenvalue weighted by atomic mass is 10.2. The number of aryl methyl sites for hydroxylation is 1. The molecule has 5 heteroatoms. The first-order valence-electron chi connectivity index (χ1n) is 9.66. The predicted octanol–water partition coefficient (Wildman–Crippen LogP) is 4.16. The maximum atomic E-state index is 12.3. The number of amides is 1. The number of nitrogens with one attached hydrogen (secondary N) is 1. The van der Waals surface area contributed by atoms with Gasteiger partial charge in [0.25, 0.3) is 5.91 Å². The highest BCUT2D eigenvalue weighted by Gasteiger charge is 2.17. The van der Waals surface area contributed by atoms with Crippen molar-refractivity contribution < 1.29 is 9.21 Å². The zero-order valence-corrected chi connectivity index (χ0v) is 16.1. The second-order valence-corrected chi connectivity index (χ2v) is 7.14. The van der Waals surface area contributed by atoms with Crippen LogP contribution in [0.1, 0.15) is 21.7 Å². The summed E-state index contributed by atoms with van der Waals surface area (Å²) in [6, 6.07) is 20.4. The number of hydrogen-bond acceptors (Lipinski definition) is 4. The van der Waals surface area contributed by atoms with E-state index in [1.54, 1.807) is 13.0 Å². The number of anilines is 2. The van der Waals surface area contributed by atoms with E-state index in [-0.39, 0.29) is 5.91 Å². The second kappa shape index (κ2) is 8.31. The van der Waals surface area contributed by atoms with Crippen molar-refractivity contribution in [3.63, 3.8) is 0 Å². The van der Waals surface area contributed by atoms with Crippen LogP contribution < -0.4 is 10.2 Å². The van der Waals surface area contributed by atoms with Crippen LogP contribution in [-0.2, 0) is 6.54 Å². The first kappa shape index (κ1) is 18.3. The van der Waals surface area contributed by atoms with Crippen molar-refractivity contribution in [1.82, 2.24) is 4.90 Å². The Morgan fingerprint density at radius 3 is 2.32 bits per heavy atom. The van der Waals surface area contributed by atoms with Gasteiger partial charge >= 0.3 is 0 Å². The molecule has 1 aliphatic rings. The third kappa shape index (κ3) is 4.26. The lowest BCUT2D eigenvalue weighted by molar-refractivity contribution is 0.102. The number of hydrogen-bond donors (Lipinski definition) is 1. The molecule has 1 aromatic heterocycles. The summed E-state index contributed by atoms with van der Waals surface area (Å²) in [6.45, 7) is 6.91. The van der Waals surface area contributed by atoms with Gasteiger partial charge in [-0.05, 0) is 42.8 Å². The van der Waals surface area contributed by atoms with Gasteiger partial charge in [0.15, 0.2) is 0 Å². The number of piperazine rings is 1. The van der Waals surface area contributed by atoms with E-state index in [1.165, 1.54) is 17.5 Å². The van der Waals surface area contributed by atoms with E-state index >= 15 is 0 Å². The van der Waals surface area contributed by atoms with Crippen LogP contribution in [0.2, 0.25) is 0 Å². The zero-order chi connectivity index (χ0) is 19.3. The van der Waals surface area contributed by atoms with Crippen molar-refractivity contribution in [2.75, 3.05) is 36.4 Å². The summed E-state index contributed by atoms with van der Waals surface area (Å²) in [7, 11) is 0. The molecule has 0 spiro atoms. The SMILES string of the molecule is Cc1occc1C(=O)Nc1ccc(N2CCN(Cc3ccccc3)CC2)cc1. The molecule has 1 fully saturated rings. The van der Waals surface area contributed by atoms with E-state index in [1.807, 2.05) is 12.1 Å². The number of nitrogens with zero attached hydrogens (tertiary/aromatic N) is 2. The van der Waals surface area contributed by atoms with Crippen LogP contribution in [-0.4, -0.2) is 37.0 Å². The smallest absolute Gasteiger partial charge is 0.259 e. The molecule has 0 radical (unpaired) electrons. The van der Waals surface area contributed by atoms with Gasteiger partial charge in [0.05, 0.1) is 11.8 Å². The fourth-order valence-electron chi connectivity index (χ4n) is 3.58. The van der Waals surface area contributed by atoms with E-state index in [0.717, 1.165) is 38.4 Å². The summed E-state index contributed by atoms with van der Waals surface area (Å²) in [6.07, 6.45) is 1.53. The van der Waals surface area contributed by atoms with Gasteiger partial charge in [-0.3, -0.25) is 9.69 Å². The van der Waals surface area contributed by atoms with Crippen molar-refractivity contribution in [2.24, 2.45) is 0 Å². The summed E-state index contributed by atoms with van der Waals surface area (Å²) >= 11 is 0. The lowest BCUT2D eigenvalue weighted by Gasteiger charge is -2.36. The number of furan rings is 1. The average Bonchev–Trinajstić information content (AvgIpc) is 3.16. The second-order valence-electron chi connectivity index (χ2n) is 7.14. The molecule has 1 saturated heterocycles. The normalized spacial score (nSPS) is 14.8. The Morgan fingerprint density at radius 2 is 1.68 bits per heavy atom. The molecule has 144 valence electrons. The molecular weight excluding hydrogens is 350 g/mol. The molecule has 1 N–H and O–H groups in total. The van der Waals surface area contributed by atoms with Crippen molar-refractivity contribution in [3.05, 3.63) is 83.8 Å². The van der Waals surface area contributed by atoms with E-state index in [4.69, 9.17) is 4.42 Å². The topological polar surface area (TPSA) is 48.7 Å². The number of carbonyl (C=O) groups is 1. The molecule has 28 heavy (non-hydrogen) atoms. The van der Waals surface area contributed by atoms with Crippen LogP contribution in [0.25, 0.3) is 0 Å². The van der Waals surface area contributed by atoms with Gasteiger partial charge in [0.2, 0.25) is 0 Å². The fraction of sp³-hybridized carbons (Fsp3) is 0.261. The average molecular weight is 375 g/mol. The van der Waals surface area contributed by atoms with E-state index in [9.17, 15) is 4.79 Å². The summed E-state index contributed by atoms with van der Waals surface area (Å²) in [5.41, 5.74) is 3.91. The van der Waals surface area contributed by atoms with Crippen molar-refractivity contribution in [3.8, 4) is 0 Å². The van der Waals surface area contributed by atoms with Gasteiger partial charge in [0.1, 0.15) is 5.76 Å². The molecule has 0 atom stereocenters. The molecule has 3 aromatic rings. The van der Waals surface area contributed by atoms with Gasteiger partial charge in [-0.25, -0.2) is 0 Å². The Morgan fingerprint density at radius 1 is 0.964 bits per heavy atom. The third-order valence-electron chi connectivity index (χ3n) is 5.22. The van der Waals surface area contributed by atoms with Crippen molar-refractivity contribution in [1.29, 1.82) is 0 Å². The molecule has 0 unspecified atom stereocenters. The maximum absolute atomic E-state index is 12.3. The first-order chi connectivity index (χ1) is 13.7. The quantitative estimate of drug-likeness (QED) is 0.727. The molecule has 2 aromatic carbocycles. The van der Waals surface area contributed by atoms with Crippen molar-refractivity contribution in [2.45, 2.75) is 13.5 Å². The number of carbonyl (C=O) groups excluding carboxylic acids is 1. The fourth-order valence-corrected chi connectivity index (χ4v) is 3.58. The lowest BCUT2D eigenvalue weighted by Crippen LogP contribution is -2.45. The van der Waals surface area contributed by atoms with Crippen LogP contribution >= 0.6 is 0 Å². The van der Waals surface area contributed by atoms with Crippen LogP contribution in [0.3, 0.4) is 0 Å². The monoisotopic (exact) mass is 375 g/mol. The highest BCUT2D eigenvalue weighted by molar-refractivity contribution is 6.04. The zero-order valence-electron chi connectivity index (χ0n) is 16.1. The van der Waals surface area contributed by atoms with Gasteiger partial charge in [-0.15, -0.1) is 0 Å². The summed E-state index contributed by atoms with van der Waals surface area (Å²) in [5.74, 6) is 0.482. The Bertz CT molecular complexity index is 911. The van der Waals surface area contributed by atoms with Gasteiger partial charge in [0, 0.05) is 44.1 Å². The van der Waals surface area contributed by atoms with Crippen LogP contribution in [0, 0.1) is 6.92 Å². The molecule has 0 bridgehead atoms. The number of rotatable bonds is 5. The molecule has 4 rings (SSSR count).